The lowest BCUT2D eigenvalue weighted by Gasteiger charge is -2.08. The first-order valence-corrected chi connectivity index (χ1v) is 5.61. The van der Waals surface area contributed by atoms with E-state index in [2.05, 4.69) is 10.3 Å². The lowest BCUT2D eigenvalue weighted by atomic mass is 10.1. The normalized spacial score (nSPS) is 21.0. The number of imidazole rings is 1. The molecule has 0 saturated carbocycles. The van der Waals surface area contributed by atoms with Crippen LogP contribution in [0.5, 0.6) is 0 Å². The average molecular weight is 209 g/mol. The van der Waals surface area contributed by atoms with E-state index < -0.39 is 0 Å². The van der Waals surface area contributed by atoms with Crippen LogP contribution in [0.15, 0.2) is 12.4 Å². The van der Waals surface area contributed by atoms with E-state index in [4.69, 9.17) is 4.74 Å². The molecule has 1 atom stereocenters. The molecular weight excluding hydrogens is 190 g/mol. The number of ether oxygens (including phenoxy) is 1. The van der Waals surface area contributed by atoms with Gasteiger partial charge in [0.1, 0.15) is 5.82 Å². The van der Waals surface area contributed by atoms with E-state index in [9.17, 15) is 0 Å². The fraction of sp³-hybridized carbons (Fsp3) is 0.727. The number of hydrogen-bond donors (Lipinski definition) is 1. The number of rotatable bonds is 5. The molecule has 1 aliphatic rings. The molecule has 4 nitrogen and oxygen atoms in total. The van der Waals surface area contributed by atoms with Gasteiger partial charge >= 0.3 is 0 Å². The molecule has 84 valence electrons. The number of aryl methyl sites for hydroxylation is 1. The van der Waals surface area contributed by atoms with Crippen molar-refractivity contribution < 1.29 is 4.74 Å². The van der Waals surface area contributed by atoms with Crippen LogP contribution in [0.25, 0.3) is 0 Å². The summed E-state index contributed by atoms with van der Waals surface area (Å²) in [6.45, 7) is 3.81. The smallest absolute Gasteiger partial charge is 0.122 e. The van der Waals surface area contributed by atoms with Crippen molar-refractivity contribution in [2.24, 2.45) is 13.0 Å². The molecule has 4 heteroatoms. The van der Waals surface area contributed by atoms with Crippen molar-refractivity contribution in [1.29, 1.82) is 0 Å². The highest BCUT2D eigenvalue weighted by atomic mass is 16.5. The highest BCUT2D eigenvalue weighted by Gasteiger charge is 2.14. The summed E-state index contributed by atoms with van der Waals surface area (Å²) < 4.78 is 7.38. The van der Waals surface area contributed by atoms with Crippen LogP contribution < -0.4 is 5.32 Å². The Hall–Kier alpha value is -0.870. The fourth-order valence-electron chi connectivity index (χ4n) is 1.88. The topological polar surface area (TPSA) is 39.1 Å². The summed E-state index contributed by atoms with van der Waals surface area (Å²) in [7, 11) is 2.02. The van der Waals surface area contributed by atoms with Gasteiger partial charge in [-0.3, -0.25) is 0 Å². The van der Waals surface area contributed by atoms with Crippen LogP contribution in [0, 0.1) is 5.92 Å². The molecular formula is C11H19N3O. The molecule has 2 rings (SSSR count). The molecule has 15 heavy (non-hydrogen) atoms. The van der Waals surface area contributed by atoms with Crippen molar-refractivity contribution in [2.45, 2.75) is 19.4 Å². The fourth-order valence-corrected chi connectivity index (χ4v) is 1.88. The van der Waals surface area contributed by atoms with Gasteiger partial charge in [0.05, 0.1) is 6.54 Å². The summed E-state index contributed by atoms with van der Waals surface area (Å²) in [5.41, 5.74) is 0. The molecule has 0 aliphatic carbocycles. The molecule has 1 aliphatic heterocycles. The minimum Gasteiger partial charge on any atom is -0.381 e. The van der Waals surface area contributed by atoms with E-state index >= 15 is 0 Å². The molecule has 0 amide bonds. The standard InChI is InChI=1S/C11H19N3O/c1-14-6-5-13-11(14)8-12-4-2-10-3-7-15-9-10/h5-6,10,12H,2-4,7-9H2,1H3. The van der Waals surface area contributed by atoms with Crippen LogP contribution >= 0.6 is 0 Å². The number of nitrogens with zero attached hydrogens (tertiary/aromatic N) is 2. The van der Waals surface area contributed by atoms with E-state index in [1.54, 1.807) is 0 Å². The predicted octanol–water partition coefficient (Wildman–Crippen LogP) is 0.936. The SMILES string of the molecule is Cn1ccnc1CNCCC1CCOC1. The Kier molecular flexibility index (Phi) is 3.75. The predicted molar refractivity (Wildman–Crippen MR) is 58.5 cm³/mol. The van der Waals surface area contributed by atoms with E-state index in [1.165, 1.54) is 12.8 Å². The third-order valence-electron chi connectivity index (χ3n) is 2.96. The highest BCUT2D eigenvalue weighted by molar-refractivity contribution is 4.90. The van der Waals surface area contributed by atoms with Gasteiger partial charge in [-0.2, -0.15) is 0 Å². The largest absolute Gasteiger partial charge is 0.381 e. The van der Waals surface area contributed by atoms with Crippen molar-refractivity contribution >= 4 is 0 Å². The molecule has 1 N–H and O–H groups in total. The molecule has 1 saturated heterocycles. The first kappa shape index (κ1) is 10.6. The molecule has 1 aromatic rings. The van der Waals surface area contributed by atoms with Gasteiger partial charge in [0.15, 0.2) is 0 Å². The van der Waals surface area contributed by atoms with Gasteiger partial charge in [-0.05, 0) is 25.3 Å². The molecule has 1 aromatic heterocycles. The van der Waals surface area contributed by atoms with Crippen LogP contribution in [0.3, 0.4) is 0 Å². The second-order valence-electron chi connectivity index (χ2n) is 4.15. The maximum absolute atomic E-state index is 5.33. The highest BCUT2D eigenvalue weighted by Crippen LogP contribution is 2.15. The Morgan fingerprint density at radius 1 is 1.67 bits per heavy atom. The summed E-state index contributed by atoms with van der Waals surface area (Å²) in [5, 5.41) is 3.42. The minimum absolute atomic E-state index is 0.763. The maximum atomic E-state index is 5.33. The number of aromatic nitrogens is 2. The first-order valence-electron chi connectivity index (χ1n) is 5.61. The molecule has 2 heterocycles. The second-order valence-corrected chi connectivity index (χ2v) is 4.15. The lowest BCUT2D eigenvalue weighted by molar-refractivity contribution is 0.184. The summed E-state index contributed by atoms with van der Waals surface area (Å²) in [5.74, 6) is 1.86. The lowest BCUT2D eigenvalue weighted by Crippen LogP contribution is -2.19. The minimum atomic E-state index is 0.763. The zero-order valence-corrected chi connectivity index (χ0v) is 9.28. The average Bonchev–Trinajstić information content (AvgIpc) is 2.85. The van der Waals surface area contributed by atoms with Gasteiger partial charge in [-0.15, -0.1) is 0 Å². The van der Waals surface area contributed by atoms with Crippen LogP contribution in [0.1, 0.15) is 18.7 Å². The third kappa shape index (κ3) is 3.04. The summed E-state index contributed by atoms with van der Waals surface area (Å²) in [4.78, 5) is 4.26. The Labute approximate surface area is 90.6 Å². The Bertz CT molecular complexity index is 292. The van der Waals surface area contributed by atoms with Gasteiger partial charge in [0.25, 0.3) is 0 Å². The molecule has 0 aromatic carbocycles. The zero-order chi connectivity index (χ0) is 10.5. The van der Waals surface area contributed by atoms with Crippen LogP contribution in [0.4, 0.5) is 0 Å². The van der Waals surface area contributed by atoms with E-state index in [-0.39, 0.29) is 0 Å². The first-order chi connectivity index (χ1) is 7.36. The maximum Gasteiger partial charge on any atom is 0.122 e. The van der Waals surface area contributed by atoms with Crippen molar-refractivity contribution in [3.63, 3.8) is 0 Å². The quantitative estimate of drug-likeness (QED) is 0.733. The van der Waals surface area contributed by atoms with Gasteiger partial charge < -0.3 is 14.6 Å². The Morgan fingerprint density at radius 2 is 2.60 bits per heavy atom. The van der Waals surface area contributed by atoms with Crippen LogP contribution in [0.2, 0.25) is 0 Å². The van der Waals surface area contributed by atoms with Crippen molar-refractivity contribution in [3.8, 4) is 0 Å². The van der Waals surface area contributed by atoms with Gasteiger partial charge in [-0.25, -0.2) is 4.98 Å². The second kappa shape index (κ2) is 5.28. The Balaban J connectivity index is 1.60. The summed E-state index contributed by atoms with van der Waals surface area (Å²) in [6.07, 6.45) is 6.25. The monoisotopic (exact) mass is 209 g/mol. The van der Waals surface area contributed by atoms with Gasteiger partial charge in [0, 0.05) is 32.7 Å². The number of hydrogen-bond acceptors (Lipinski definition) is 3. The molecule has 0 spiro atoms. The molecule has 0 bridgehead atoms. The van der Waals surface area contributed by atoms with E-state index in [1.807, 2.05) is 24.0 Å². The van der Waals surface area contributed by atoms with Crippen molar-refractivity contribution in [2.75, 3.05) is 19.8 Å². The van der Waals surface area contributed by atoms with Gasteiger partial charge in [-0.1, -0.05) is 0 Å². The molecule has 1 unspecified atom stereocenters. The van der Waals surface area contributed by atoms with Crippen LogP contribution in [-0.2, 0) is 18.3 Å². The summed E-state index contributed by atoms with van der Waals surface area (Å²) >= 11 is 0. The number of nitrogens with one attached hydrogen (secondary N) is 1. The Morgan fingerprint density at radius 3 is 3.27 bits per heavy atom. The third-order valence-corrected chi connectivity index (χ3v) is 2.96. The van der Waals surface area contributed by atoms with E-state index in [0.717, 1.165) is 38.0 Å². The van der Waals surface area contributed by atoms with Crippen molar-refractivity contribution in [1.82, 2.24) is 14.9 Å². The van der Waals surface area contributed by atoms with E-state index in [0.29, 0.717) is 0 Å². The van der Waals surface area contributed by atoms with Crippen molar-refractivity contribution in [3.05, 3.63) is 18.2 Å². The molecule has 0 radical (unpaired) electrons. The van der Waals surface area contributed by atoms with Crippen LogP contribution in [-0.4, -0.2) is 29.3 Å². The summed E-state index contributed by atoms with van der Waals surface area (Å²) in [6, 6.07) is 0. The van der Waals surface area contributed by atoms with Gasteiger partial charge in [0.2, 0.25) is 0 Å². The molecule has 1 fully saturated rings. The zero-order valence-electron chi connectivity index (χ0n) is 9.28.